The van der Waals surface area contributed by atoms with Gasteiger partial charge in [-0.3, -0.25) is 10.1 Å². The van der Waals surface area contributed by atoms with Crippen LogP contribution in [0.4, 0.5) is 11.4 Å². The molecule has 1 fully saturated rings. The van der Waals surface area contributed by atoms with E-state index in [2.05, 4.69) is 0 Å². The van der Waals surface area contributed by atoms with Crippen molar-refractivity contribution >= 4 is 17.3 Å². The van der Waals surface area contributed by atoms with E-state index in [1.807, 2.05) is 4.90 Å². The molecule has 0 atom stereocenters. The number of ether oxygens (including phenoxy) is 1. The highest BCUT2D eigenvalue weighted by Gasteiger charge is 2.20. The van der Waals surface area contributed by atoms with Crippen LogP contribution in [0.15, 0.2) is 18.2 Å². The van der Waals surface area contributed by atoms with Gasteiger partial charge in [-0.2, -0.15) is 0 Å². The van der Waals surface area contributed by atoms with Gasteiger partial charge in [0, 0.05) is 19.2 Å². The van der Waals surface area contributed by atoms with E-state index in [0.29, 0.717) is 5.69 Å². The standard InChI is InChI=1S/C12H14N2O5/c15-12(16)8-19-11-7-9(14(17)18)3-4-10(11)13-5-1-2-6-13/h3-4,7H,1-2,5-6,8H2,(H,15,16). The molecular formula is C12H14N2O5. The number of nitrogens with zero attached hydrogens (tertiary/aromatic N) is 2. The van der Waals surface area contributed by atoms with Crippen LogP contribution in [0.2, 0.25) is 0 Å². The highest BCUT2D eigenvalue weighted by atomic mass is 16.6. The zero-order valence-electron chi connectivity index (χ0n) is 10.2. The monoisotopic (exact) mass is 266 g/mol. The first-order chi connectivity index (χ1) is 9.08. The van der Waals surface area contributed by atoms with Gasteiger partial charge in [-0.15, -0.1) is 0 Å². The number of benzene rings is 1. The fourth-order valence-electron chi connectivity index (χ4n) is 2.09. The van der Waals surface area contributed by atoms with E-state index in [4.69, 9.17) is 9.84 Å². The third kappa shape index (κ3) is 3.12. The molecule has 0 aliphatic carbocycles. The third-order valence-electron chi connectivity index (χ3n) is 2.95. The Morgan fingerprint density at radius 2 is 2.11 bits per heavy atom. The summed E-state index contributed by atoms with van der Waals surface area (Å²) in [4.78, 5) is 22.8. The molecule has 0 aromatic heterocycles. The van der Waals surface area contributed by atoms with Crippen LogP contribution in [0.3, 0.4) is 0 Å². The fraction of sp³-hybridized carbons (Fsp3) is 0.417. The summed E-state index contributed by atoms with van der Waals surface area (Å²) in [6, 6.07) is 4.29. The van der Waals surface area contributed by atoms with Crippen LogP contribution in [0.1, 0.15) is 12.8 Å². The minimum Gasteiger partial charge on any atom is -0.479 e. The molecule has 1 aromatic rings. The highest BCUT2D eigenvalue weighted by molar-refractivity contribution is 5.70. The van der Waals surface area contributed by atoms with Crippen LogP contribution in [-0.4, -0.2) is 35.7 Å². The lowest BCUT2D eigenvalue weighted by Crippen LogP contribution is -2.19. The van der Waals surface area contributed by atoms with Gasteiger partial charge in [-0.05, 0) is 18.9 Å². The second-order valence-electron chi connectivity index (χ2n) is 4.29. The van der Waals surface area contributed by atoms with Crippen LogP contribution < -0.4 is 9.64 Å². The fourth-order valence-corrected chi connectivity index (χ4v) is 2.09. The molecule has 0 spiro atoms. The summed E-state index contributed by atoms with van der Waals surface area (Å²) in [6.45, 7) is 1.19. The molecule has 0 amide bonds. The molecule has 1 saturated heterocycles. The van der Waals surface area contributed by atoms with Gasteiger partial charge < -0.3 is 14.7 Å². The second kappa shape index (κ2) is 5.55. The van der Waals surface area contributed by atoms with Crippen molar-refractivity contribution in [2.45, 2.75) is 12.8 Å². The highest BCUT2D eigenvalue weighted by Crippen LogP contribution is 2.34. The van der Waals surface area contributed by atoms with Gasteiger partial charge >= 0.3 is 5.97 Å². The van der Waals surface area contributed by atoms with Crippen molar-refractivity contribution in [1.82, 2.24) is 0 Å². The number of nitro benzene ring substituents is 1. The predicted octanol–water partition coefficient (Wildman–Crippen LogP) is 1.66. The molecule has 2 rings (SSSR count). The Kier molecular flexibility index (Phi) is 3.84. The molecule has 0 saturated carbocycles. The maximum Gasteiger partial charge on any atom is 0.341 e. The molecule has 19 heavy (non-hydrogen) atoms. The van der Waals surface area contributed by atoms with E-state index >= 15 is 0 Å². The van der Waals surface area contributed by atoms with E-state index in [9.17, 15) is 14.9 Å². The molecule has 0 unspecified atom stereocenters. The van der Waals surface area contributed by atoms with Crippen LogP contribution in [0, 0.1) is 10.1 Å². The first kappa shape index (κ1) is 13.1. The Balaban J connectivity index is 2.29. The number of non-ortho nitro benzene ring substituents is 1. The summed E-state index contributed by atoms with van der Waals surface area (Å²) in [7, 11) is 0. The first-order valence-electron chi connectivity index (χ1n) is 5.96. The second-order valence-corrected chi connectivity index (χ2v) is 4.29. The minimum absolute atomic E-state index is 0.108. The third-order valence-corrected chi connectivity index (χ3v) is 2.95. The summed E-state index contributed by atoms with van der Waals surface area (Å²) in [5.41, 5.74) is 0.604. The van der Waals surface area contributed by atoms with Crippen molar-refractivity contribution in [3.63, 3.8) is 0 Å². The molecule has 1 N–H and O–H groups in total. The van der Waals surface area contributed by atoms with Crippen molar-refractivity contribution < 1.29 is 19.6 Å². The van der Waals surface area contributed by atoms with Gasteiger partial charge in [0.1, 0.15) is 5.75 Å². The molecule has 0 bridgehead atoms. The van der Waals surface area contributed by atoms with E-state index < -0.39 is 17.5 Å². The molecule has 7 heteroatoms. The summed E-state index contributed by atoms with van der Waals surface area (Å²) in [5, 5.41) is 19.4. The maximum atomic E-state index is 10.7. The first-order valence-corrected chi connectivity index (χ1v) is 5.96. The number of hydrogen-bond donors (Lipinski definition) is 1. The smallest absolute Gasteiger partial charge is 0.341 e. The molecule has 1 aliphatic rings. The maximum absolute atomic E-state index is 10.7. The van der Waals surface area contributed by atoms with Gasteiger partial charge in [0.05, 0.1) is 16.7 Å². The number of carboxylic acids is 1. The molecule has 0 radical (unpaired) electrons. The number of carbonyl (C=O) groups is 1. The molecule has 1 aromatic carbocycles. The van der Waals surface area contributed by atoms with Crippen molar-refractivity contribution in [1.29, 1.82) is 0 Å². The van der Waals surface area contributed by atoms with Gasteiger partial charge in [0.2, 0.25) is 0 Å². The predicted molar refractivity (Wildman–Crippen MR) is 67.7 cm³/mol. The van der Waals surface area contributed by atoms with Gasteiger partial charge in [0.15, 0.2) is 6.61 Å². The summed E-state index contributed by atoms with van der Waals surface area (Å²) in [5.74, 6) is -0.864. The zero-order chi connectivity index (χ0) is 13.8. The van der Waals surface area contributed by atoms with E-state index in [0.717, 1.165) is 25.9 Å². The normalized spacial score (nSPS) is 14.4. The molecule has 7 nitrogen and oxygen atoms in total. The van der Waals surface area contributed by atoms with Crippen molar-refractivity contribution in [2.24, 2.45) is 0 Å². The number of nitro groups is 1. The summed E-state index contributed by atoms with van der Waals surface area (Å²) >= 11 is 0. The Bertz CT molecular complexity index is 497. The minimum atomic E-state index is -1.11. The Labute approximate surface area is 109 Å². The average Bonchev–Trinajstić information content (AvgIpc) is 2.89. The van der Waals surface area contributed by atoms with Gasteiger partial charge in [-0.1, -0.05) is 0 Å². The van der Waals surface area contributed by atoms with Crippen molar-refractivity contribution in [2.75, 3.05) is 24.6 Å². The molecule has 102 valence electrons. The lowest BCUT2D eigenvalue weighted by Gasteiger charge is -2.20. The van der Waals surface area contributed by atoms with Gasteiger partial charge in [-0.25, -0.2) is 4.79 Å². The van der Waals surface area contributed by atoms with Crippen molar-refractivity contribution in [3.8, 4) is 5.75 Å². The summed E-state index contributed by atoms with van der Waals surface area (Å²) < 4.78 is 5.16. The largest absolute Gasteiger partial charge is 0.479 e. The Morgan fingerprint density at radius 3 is 2.68 bits per heavy atom. The van der Waals surface area contributed by atoms with E-state index in [-0.39, 0.29) is 11.4 Å². The SMILES string of the molecule is O=C(O)COc1cc([N+](=O)[O-])ccc1N1CCCC1. The number of carboxylic acid groups (broad SMARTS) is 1. The van der Waals surface area contributed by atoms with Crippen LogP contribution in [-0.2, 0) is 4.79 Å². The van der Waals surface area contributed by atoms with Crippen LogP contribution in [0.25, 0.3) is 0 Å². The summed E-state index contributed by atoms with van der Waals surface area (Å²) in [6.07, 6.45) is 2.10. The Morgan fingerprint density at radius 1 is 1.42 bits per heavy atom. The quantitative estimate of drug-likeness (QED) is 0.643. The van der Waals surface area contributed by atoms with Crippen LogP contribution in [0.5, 0.6) is 5.75 Å². The van der Waals surface area contributed by atoms with E-state index in [1.165, 1.54) is 12.1 Å². The number of hydrogen-bond acceptors (Lipinski definition) is 5. The van der Waals surface area contributed by atoms with Gasteiger partial charge in [0.25, 0.3) is 5.69 Å². The number of aliphatic carboxylic acids is 1. The van der Waals surface area contributed by atoms with Crippen LogP contribution >= 0.6 is 0 Å². The molecular weight excluding hydrogens is 252 g/mol. The average molecular weight is 266 g/mol. The zero-order valence-corrected chi connectivity index (χ0v) is 10.2. The number of rotatable bonds is 5. The lowest BCUT2D eigenvalue weighted by molar-refractivity contribution is -0.384. The molecule has 1 heterocycles. The topological polar surface area (TPSA) is 92.9 Å². The van der Waals surface area contributed by atoms with Crippen molar-refractivity contribution in [3.05, 3.63) is 28.3 Å². The van der Waals surface area contributed by atoms with E-state index in [1.54, 1.807) is 6.07 Å². The Hall–Kier alpha value is -2.31. The lowest BCUT2D eigenvalue weighted by atomic mass is 10.2. The molecule has 1 aliphatic heterocycles. The number of anilines is 1.